The van der Waals surface area contributed by atoms with Crippen LogP contribution in [0.2, 0.25) is 0 Å². The Bertz CT molecular complexity index is 180. The fourth-order valence-electron chi connectivity index (χ4n) is 2.02. The molecule has 1 atom stereocenters. The van der Waals surface area contributed by atoms with Crippen molar-refractivity contribution in [1.29, 1.82) is 0 Å². The summed E-state index contributed by atoms with van der Waals surface area (Å²) in [6.45, 7) is 18.1. The van der Waals surface area contributed by atoms with E-state index in [0.29, 0.717) is 12.0 Å². The first kappa shape index (κ1) is 15.9. The predicted octanol–water partition coefficient (Wildman–Crippen LogP) is 2.99. The lowest BCUT2D eigenvalue weighted by atomic mass is 10.00. The van der Waals surface area contributed by atoms with Gasteiger partial charge in [0.15, 0.2) is 0 Å². The minimum Gasteiger partial charge on any atom is -0.311 e. The maximum absolute atomic E-state index is 3.62. The molecule has 0 aliphatic heterocycles. The number of rotatable bonds is 6. The van der Waals surface area contributed by atoms with Crippen LogP contribution in [0.5, 0.6) is 0 Å². The molecule has 0 aromatic carbocycles. The van der Waals surface area contributed by atoms with Gasteiger partial charge >= 0.3 is 0 Å². The lowest BCUT2D eigenvalue weighted by molar-refractivity contribution is 0.161. The summed E-state index contributed by atoms with van der Waals surface area (Å²) in [4.78, 5) is 2.49. The highest BCUT2D eigenvalue weighted by atomic mass is 15.2. The Morgan fingerprint density at radius 1 is 1.06 bits per heavy atom. The van der Waals surface area contributed by atoms with E-state index in [1.807, 2.05) is 0 Å². The third kappa shape index (κ3) is 7.24. The van der Waals surface area contributed by atoms with E-state index < -0.39 is 0 Å². The third-order valence-corrected chi connectivity index (χ3v) is 2.83. The molecule has 0 heterocycles. The van der Waals surface area contributed by atoms with Gasteiger partial charge in [0.05, 0.1) is 0 Å². The summed E-state index contributed by atoms with van der Waals surface area (Å²) in [6.07, 6.45) is 0. The second-order valence-electron chi connectivity index (χ2n) is 6.78. The van der Waals surface area contributed by atoms with Gasteiger partial charge in [-0.15, -0.1) is 0 Å². The number of nitrogens with zero attached hydrogens (tertiary/aromatic N) is 1. The van der Waals surface area contributed by atoms with Crippen LogP contribution in [0.25, 0.3) is 0 Å². The van der Waals surface area contributed by atoms with E-state index >= 15 is 0 Å². The maximum Gasteiger partial charge on any atom is 0.0240 e. The van der Waals surface area contributed by atoms with Gasteiger partial charge in [0.1, 0.15) is 0 Å². The number of hydrogen-bond donors (Lipinski definition) is 1. The van der Waals surface area contributed by atoms with Gasteiger partial charge in [0.2, 0.25) is 0 Å². The van der Waals surface area contributed by atoms with Crippen molar-refractivity contribution in [3.05, 3.63) is 0 Å². The number of nitrogens with one attached hydrogen (secondary N) is 1. The van der Waals surface area contributed by atoms with Crippen molar-refractivity contribution in [2.24, 2.45) is 11.8 Å². The fraction of sp³-hybridized carbons (Fsp3) is 1.00. The van der Waals surface area contributed by atoms with E-state index in [2.05, 4.69) is 65.7 Å². The fourth-order valence-corrected chi connectivity index (χ4v) is 2.02. The van der Waals surface area contributed by atoms with Gasteiger partial charge in [-0.3, -0.25) is 0 Å². The normalized spacial score (nSPS) is 15.2. The van der Waals surface area contributed by atoms with Gasteiger partial charge in [-0.05, 0) is 39.7 Å². The summed E-state index contributed by atoms with van der Waals surface area (Å²) in [5, 5.41) is 3.62. The Morgan fingerprint density at radius 2 is 1.56 bits per heavy atom. The Hall–Kier alpha value is -0.0800. The average molecular weight is 228 g/mol. The molecular formula is C14H32N2. The first-order chi connectivity index (χ1) is 7.13. The Kier molecular flexibility index (Phi) is 6.57. The molecule has 1 unspecified atom stereocenters. The summed E-state index contributed by atoms with van der Waals surface area (Å²) >= 11 is 0. The lowest BCUT2D eigenvalue weighted by Gasteiger charge is -2.35. The molecule has 2 heteroatoms. The summed E-state index contributed by atoms with van der Waals surface area (Å²) < 4.78 is 0. The molecule has 0 fully saturated rings. The van der Waals surface area contributed by atoms with Crippen molar-refractivity contribution in [2.45, 2.75) is 60.0 Å². The molecule has 0 saturated heterocycles. The van der Waals surface area contributed by atoms with E-state index in [0.717, 1.165) is 12.5 Å². The minimum absolute atomic E-state index is 0.214. The standard InChI is InChI=1S/C14H32N2/c1-11(2)10-16(8)13(12(3)4)9-15-14(5,6)7/h11-13,15H,9-10H2,1-8H3. The zero-order valence-electron chi connectivity index (χ0n) is 12.6. The molecule has 0 aromatic heterocycles. The molecule has 16 heavy (non-hydrogen) atoms. The first-order valence-electron chi connectivity index (χ1n) is 6.58. The average Bonchev–Trinajstić information content (AvgIpc) is 1.99. The van der Waals surface area contributed by atoms with Gasteiger partial charge in [-0.2, -0.15) is 0 Å². The van der Waals surface area contributed by atoms with Crippen molar-refractivity contribution < 1.29 is 0 Å². The van der Waals surface area contributed by atoms with Crippen LogP contribution in [0.15, 0.2) is 0 Å². The first-order valence-corrected chi connectivity index (χ1v) is 6.58. The van der Waals surface area contributed by atoms with E-state index in [1.54, 1.807) is 0 Å². The second-order valence-corrected chi connectivity index (χ2v) is 6.78. The topological polar surface area (TPSA) is 15.3 Å². The molecule has 0 bridgehead atoms. The van der Waals surface area contributed by atoms with E-state index in [4.69, 9.17) is 0 Å². The number of hydrogen-bond acceptors (Lipinski definition) is 2. The largest absolute Gasteiger partial charge is 0.311 e. The van der Waals surface area contributed by atoms with Gasteiger partial charge in [-0.25, -0.2) is 0 Å². The molecule has 0 aliphatic carbocycles. The monoisotopic (exact) mass is 228 g/mol. The van der Waals surface area contributed by atoms with Gasteiger partial charge in [-0.1, -0.05) is 27.7 Å². The molecule has 2 nitrogen and oxygen atoms in total. The van der Waals surface area contributed by atoms with E-state index in [9.17, 15) is 0 Å². The lowest BCUT2D eigenvalue weighted by Crippen LogP contribution is -2.49. The zero-order valence-corrected chi connectivity index (χ0v) is 12.6. The molecule has 0 spiro atoms. The van der Waals surface area contributed by atoms with Crippen LogP contribution in [-0.4, -0.2) is 36.6 Å². The number of likely N-dealkylation sites (N-methyl/N-ethyl adjacent to an activating group) is 1. The van der Waals surface area contributed by atoms with Crippen molar-refractivity contribution in [2.75, 3.05) is 20.1 Å². The van der Waals surface area contributed by atoms with Crippen molar-refractivity contribution >= 4 is 0 Å². The molecule has 0 aromatic rings. The second kappa shape index (κ2) is 6.61. The third-order valence-electron chi connectivity index (χ3n) is 2.83. The highest BCUT2D eigenvalue weighted by Gasteiger charge is 2.21. The highest BCUT2D eigenvalue weighted by Crippen LogP contribution is 2.12. The van der Waals surface area contributed by atoms with Crippen LogP contribution < -0.4 is 5.32 Å². The Morgan fingerprint density at radius 3 is 1.88 bits per heavy atom. The molecular weight excluding hydrogens is 196 g/mol. The van der Waals surface area contributed by atoms with Gasteiger partial charge < -0.3 is 10.2 Å². The summed E-state index contributed by atoms with van der Waals surface area (Å²) in [5.41, 5.74) is 0.214. The SMILES string of the molecule is CC(C)CN(C)C(CNC(C)(C)C)C(C)C. The van der Waals surface area contributed by atoms with Crippen LogP contribution in [0.1, 0.15) is 48.5 Å². The van der Waals surface area contributed by atoms with Gasteiger partial charge in [0, 0.05) is 24.7 Å². The molecule has 0 saturated carbocycles. The van der Waals surface area contributed by atoms with Gasteiger partial charge in [0.25, 0.3) is 0 Å². The zero-order chi connectivity index (χ0) is 12.9. The molecule has 1 N–H and O–H groups in total. The van der Waals surface area contributed by atoms with Crippen molar-refractivity contribution in [3.63, 3.8) is 0 Å². The maximum atomic E-state index is 3.62. The summed E-state index contributed by atoms with van der Waals surface area (Å²) in [7, 11) is 2.25. The van der Waals surface area contributed by atoms with Crippen LogP contribution >= 0.6 is 0 Å². The molecule has 98 valence electrons. The Labute approximate surface area is 103 Å². The molecule has 0 aliphatic rings. The van der Waals surface area contributed by atoms with E-state index in [-0.39, 0.29) is 5.54 Å². The quantitative estimate of drug-likeness (QED) is 0.752. The molecule has 0 amide bonds. The smallest absolute Gasteiger partial charge is 0.0240 e. The van der Waals surface area contributed by atoms with Crippen LogP contribution in [-0.2, 0) is 0 Å². The van der Waals surface area contributed by atoms with Crippen LogP contribution in [0, 0.1) is 11.8 Å². The van der Waals surface area contributed by atoms with Crippen molar-refractivity contribution in [3.8, 4) is 0 Å². The predicted molar refractivity (Wildman–Crippen MR) is 73.8 cm³/mol. The highest BCUT2D eigenvalue weighted by molar-refractivity contribution is 4.80. The molecule has 0 rings (SSSR count). The summed E-state index contributed by atoms with van der Waals surface area (Å²) in [5.74, 6) is 1.43. The van der Waals surface area contributed by atoms with Crippen LogP contribution in [0.3, 0.4) is 0 Å². The van der Waals surface area contributed by atoms with E-state index in [1.165, 1.54) is 6.54 Å². The van der Waals surface area contributed by atoms with Crippen molar-refractivity contribution in [1.82, 2.24) is 10.2 Å². The Balaban J connectivity index is 4.27. The molecule has 0 radical (unpaired) electrons. The van der Waals surface area contributed by atoms with Crippen LogP contribution in [0.4, 0.5) is 0 Å². The summed E-state index contributed by atoms with van der Waals surface area (Å²) in [6, 6.07) is 0.627. The minimum atomic E-state index is 0.214.